The van der Waals surface area contributed by atoms with Crippen LogP contribution in [-0.2, 0) is 6.54 Å². The lowest BCUT2D eigenvalue weighted by atomic mass is 10.2. The molecule has 3 N–H and O–H groups in total. The summed E-state index contributed by atoms with van der Waals surface area (Å²) in [7, 11) is 0. The Labute approximate surface area is 110 Å². The highest BCUT2D eigenvalue weighted by Gasteiger charge is 2.14. The third-order valence-electron chi connectivity index (χ3n) is 2.61. The van der Waals surface area contributed by atoms with Crippen molar-refractivity contribution in [2.45, 2.75) is 24.8 Å². The molecule has 0 amide bonds. The number of hydrogen-bond acceptors (Lipinski definition) is 6. The maximum atomic E-state index is 10.6. The van der Waals surface area contributed by atoms with E-state index in [-0.39, 0.29) is 23.6 Å². The Hall–Kier alpha value is -1.12. The Morgan fingerprint density at radius 3 is 2.89 bits per heavy atom. The molecule has 1 aromatic heterocycles. The number of aromatic carboxylic acids is 1. The molecule has 0 saturated heterocycles. The second-order valence-corrected chi connectivity index (χ2v) is 4.95. The van der Waals surface area contributed by atoms with Gasteiger partial charge in [-0.05, 0) is 13.2 Å². The van der Waals surface area contributed by atoms with Crippen LogP contribution < -0.4 is 5.32 Å². The summed E-state index contributed by atoms with van der Waals surface area (Å²) in [6.45, 7) is 3.31. The van der Waals surface area contributed by atoms with E-state index < -0.39 is 5.97 Å². The maximum Gasteiger partial charge on any atom is 0.358 e. The first-order valence-electron chi connectivity index (χ1n) is 5.59. The van der Waals surface area contributed by atoms with Crippen molar-refractivity contribution in [2.75, 3.05) is 19.4 Å². The molecule has 0 spiro atoms. The number of aromatic nitrogens is 3. The maximum absolute atomic E-state index is 10.6. The molecule has 0 radical (unpaired) electrons. The van der Waals surface area contributed by atoms with Crippen molar-refractivity contribution in [3.63, 3.8) is 0 Å². The minimum Gasteiger partial charge on any atom is -0.476 e. The van der Waals surface area contributed by atoms with E-state index in [1.54, 1.807) is 11.8 Å². The van der Waals surface area contributed by atoms with Crippen molar-refractivity contribution in [1.29, 1.82) is 0 Å². The van der Waals surface area contributed by atoms with E-state index in [4.69, 9.17) is 10.2 Å². The molecule has 1 heterocycles. The lowest BCUT2D eigenvalue weighted by Crippen LogP contribution is -2.39. The quantitative estimate of drug-likeness (QED) is 0.597. The van der Waals surface area contributed by atoms with E-state index in [1.807, 2.05) is 13.2 Å². The summed E-state index contributed by atoms with van der Waals surface area (Å²) in [4.78, 5) is 10.6. The Morgan fingerprint density at radius 1 is 1.67 bits per heavy atom. The van der Waals surface area contributed by atoms with E-state index in [9.17, 15) is 4.79 Å². The SMILES string of the molecule is CSC(CO)C(C)NCCn1cc(C(=O)O)nn1. The molecular weight excluding hydrogens is 256 g/mol. The van der Waals surface area contributed by atoms with Gasteiger partial charge in [-0.25, -0.2) is 4.79 Å². The van der Waals surface area contributed by atoms with Gasteiger partial charge in [-0.15, -0.1) is 5.10 Å². The average molecular weight is 274 g/mol. The lowest BCUT2D eigenvalue weighted by molar-refractivity contribution is 0.0690. The molecule has 18 heavy (non-hydrogen) atoms. The first-order valence-corrected chi connectivity index (χ1v) is 6.87. The van der Waals surface area contributed by atoms with Crippen LogP contribution in [0, 0.1) is 0 Å². The molecule has 0 saturated carbocycles. The molecule has 0 aromatic carbocycles. The Morgan fingerprint density at radius 2 is 2.39 bits per heavy atom. The predicted molar refractivity (Wildman–Crippen MR) is 68.8 cm³/mol. The van der Waals surface area contributed by atoms with E-state index in [2.05, 4.69) is 15.6 Å². The highest BCUT2D eigenvalue weighted by molar-refractivity contribution is 7.99. The molecule has 0 aliphatic carbocycles. The standard InChI is InChI=1S/C10H18N4O3S/c1-7(9(6-15)18-2)11-3-4-14-5-8(10(16)17)12-13-14/h5,7,9,11,15H,3-4,6H2,1-2H3,(H,16,17). The van der Waals surface area contributed by atoms with Crippen LogP contribution in [0.4, 0.5) is 0 Å². The Balaban J connectivity index is 2.34. The first kappa shape index (κ1) is 14.9. The summed E-state index contributed by atoms with van der Waals surface area (Å²) in [6.07, 6.45) is 3.35. The number of carbonyl (C=O) groups is 1. The zero-order valence-corrected chi connectivity index (χ0v) is 11.2. The van der Waals surface area contributed by atoms with Gasteiger partial charge in [-0.3, -0.25) is 4.68 Å². The normalized spacial score (nSPS) is 14.4. The van der Waals surface area contributed by atoms with E-state index in [1.165, 1.54) is 10.9 Å². The van der Waals surface area contributed by atoms with Gasteiger partial charge < -0.3 is 15.5 Å². The summed E-state index contributed by atoms with van der Waals surface area (Å²) < 4.78 is 1.48. The summed E-state index contributed by atoms with van der Waals surface area (Å²) in [5.41, 5.74) is -0.0552. The Bertz CT molecular complexity index is 381. The third kappa shape index (κ3) is 4.28. The van der Waals surface area contributed by atoms with Crippen LogP contribution >= 0.6 is 11.8 Å². The van der Waals surface area contributed by atoms with Gasteiger partial charge >= 0.3 is 5.97 Å². The zero-order valence-electron chi connectivity index (χ0n) is 10.4. The van der Waals surface area contributed by atoms with Crippen molar-refractivity contribution in [3.8, 4) is 0 Å². The highest BCUT2D eigenvalue weighted by atomic mass is 32.2. The number of thioether (sulfide) groups is 1. The van der Waals surface area contributed by atoms with Gasteiger partial charge in [0.15, 0.2) is 5.69 Å². The molecule has 1 aromatic rings. The van der Waals surface area contributed by atoms with E-state index in [0.717, 1.165) is 0 Å². The largest absolute Gasteiger partial charge is 0.476 e. The number of nitrogens with zero attached hydrogens (tertiary/aromatic N) is 3. The zero-order chi connectivity index (χ0) is 13.5. The van der Waals surface area contributed by atoms with Gasteiger partial charge in [0.05, 0.1) is 19.3 Å². The van der Waals surface area contributed by atoms with Gasteiger partial charge in [0.25, 0.3) is 0 Å². The topological polar surface area (TPSA) is 100 Å². The fourth-order valence-corrected chi connectivity index (χ4v) is 2.13. The second-order valence-electron chi connectivity index (χ2n) is 3.87. The lowest BCUT2D eigenvalue weighted by Gasteiger charge is -2.21. The minimum atomic E-state index is -1.08. The van der Waals surface area contributed by atoms with Crippen LogP contribution in [0.3, 0.4) is 0 Å². The van der Waals surface area contributed by atoms with Crippen LogP contribution in [0.2, 0.25) is 0 Å². The molecule has 7 nitrogen and oxygen atoms in total. The van der Waals surface area contributed by atoms with Gasteiger partial charge in [0, 0.05) is 17.8 Å². The average Bonchev–Trinajstić information content (AvgIpc) is 2.79. The molecule has 0 fully saturated rings. The van der Waals surface area contributed by atoms with Crippen molar-refractivity contribution in [3.05, 3.63) is 11.9 Å². The van der Waals surface area contributed by atoms with Crippen LogP contribution in [0.25, 0.3) is 0 Å². The summed E-state index contributed by atoms with van der Waals surface area (Å²) in [6, 6.07) is 0.174. The number of aliphatic hydroxyl groups is 1. The molecule has 2 unspecified atom stereocenters. The molecule has 2 atom stereocenters. The summed E-state index contributed by atoms with van der Waals surface area (Å²) in [5.74, 6) is -1.08. The van der Waals surface area contributed by atoms with E-state index >= 15 is 0 Å². The van der Waals surface area contributed by atoms with Crippen molar-refractivity contribution < 1.29 is 15.0 Å². The van der Waals surface area contributed by atoms with Crippen molar-refractivity contribution in [2.24, 2.45) is 0 Å². The monoisotopic (exact) mass is 274 g/mol. The van der Waals surface area contributed by atoms with Gasteiger partial charge in [0.1, 0.15) is 0 Å². The molecular formula is C10H18N4O3S. The highest BCUT2D eigenvalue weighted by Crippen LogP contribution is 2.09. The van der Waals surface area contributed by atoms with Crippen LogP contribution in [0.1, 0.15) is 17.4 Å². The molecule has 0 bridgehead atoms. The van der Waals surface area contributed by atoms with Crippen LogP contribution in [-0.4, -0.2) is 61.9 Å². The predicted octanol–water partition coefficient (Wildman–Crippen LogP) is -0.322. The molecule has 0 aliphatic heterocycles. The molecule has 0 aliphatic rings. The first-order chi connectivity index (χ1) is 8.58. The van der Waals surface area contributed by atoms with Crippen LogP contribution in [0.15, 0.2) is 6.20 Å². The molecule has 8 heteroatoms. The number of rotatable bonds is 8. The van der Waals surface area contributed by atoms with Crippen molar-refractivity contribution >= 4 is 17.7 Å². The van der Waals surface area contributed by atoms with E-state index in [0.29, 0.717) is 13.1 Å². The summed E-state index contributed by atoms with van der Waals surface area (Å²) in [5, 5.41) is 28.4. The summed E-state index contributed by atoms with van der Waals surface area (Å²) >= 11 is 1.61. The van der Waals surface area contributed by atoms with Crippen LogP contribution in [0.5, 0.6) is 0 Å². The number of carboxylic acids is 1. The van der Waals surface area contributed by atoms with Crippen molar-refractivity contribution in [1.82, 2.24) is 20.3 Å². The number of aliphatic hydroxyl groups excluding tert-OH is 1. The van der Waals surface area contributed by atoms with Gasteiger partial charge in [-0.2, -0.15) is 11.8 Å². The molecule has 1 rings (SSSR count). The Kier molecular flexibility index (Phi) is 6.10. The second kappa shape index (κ2) is 7.34. The molecule has 102 valence electrons. The fourth-order valence-electron chi connectivity index (χ4n) is 1.48. The fraction of sp³-hybridized carbons (Fsp3) is 0.700. The van der Waals surface area contributed by atoms with Gasteiger partial charge in [-0.1, -0.05) is 5.21 Å². The van der Waals surface area contributed by atoms with Gasteiger partial charge in [0.2, 0.25) is 0 Å². The number of carboxylic acid groups (broad SMARTS) is 1. The third-order valence-corrected chi connectivity index (χ3v) is 3.77. The number of hydrogen-bond donors (Lipinski definition) is 3. The minimum absolute atomic E-state index is 0.0552. The number of nitrogens with one attached hydrogen (secondary N) is 1. The smallest absolute Gasteiger partial charge is 0.358 e.